The Morgan fingerprint density at radius 3 is 2.64 bits per heavy atom. The molecule has 3 N–H and O–H groups in total. The van der Waals surface area contributed by atoms with E-state index in [0.29, 0.717) is 22.0 Å². The number of nitrogens with one attached hydrogen (secondary N) is 1. The van der Waals surface area contributed by atoms with E-state index in [1.165, 1.54) is 11.9 Å². The Morgan fingerprint density at radius 1 is 1.32 bits per heavy atom. The molecule has 8 nitrogen and oxygen atoms in total. The van der Waals surface area contributed by atoms with Gasteiger partial charge in [-0.3, -0.25) is 9.69 Å². The average molecular weight is 394 g/mol. The number of anilines is 1. The first-order chi connectivity index (χ1) is 13.0. The summed E-state index contributed by atoms with van der Waals surface area (Å²) in [6, 6.07) is 6.35. The van der Waals surface area contributed by atoms with Crippen LogP contribution in [0.2, 0.25) is 0 Å². The standard InChI is InChI=1S/C17H17F3N6O2/c1-16(9-13(27)25(2)14(21)23-16)10-4-3-5-11(8-10)22-15(28)26-7-6-12(24-26)17(18,19)20/h3-8H,9H2,1-2H3,(H2,21,23)(H,22,28)/t16-/m0/s1. The minimum Gasteiger partial charge on any atom is -0.369 e. The first-order valence-electron chi connectivity index (χ1n) is 8.16. The van der Waals surface area contributed by atoms with Crippen molar-refractivity contribution in [2.75, 3.05) is 12.4 Å². The van der Waals surface area contributed by atoms with Crippen LogP contribution in [0.3, 0.4) is 0 Å². The lowest BCUT2D eigenvalue weighted by atomic mass is 9.87. The Balaban J connectivity index is 1.83. The van der Waals surface area contributed by atoms with E-state index < -0.39 is 23.4 Å². The molecule has 0 unspecified atom stereocenters. The number of rotatable bonds is 2. The van der Waals surface area contributed by atoms with Crippen molar-refractivity contribution in [3.8, 4) is 0 Å². The van der Waals surface area contributed by atoms with Gasteiger partial charge in [-0.05, 0) is 30.7 Å². The number of nitrogens with two attached hydrogens (primary N) is 1. The van der Waals surface area contributed by atoms with Crippen molar-refractivity contribution in [2.45, 2.75) is 25.1 Å². The largest absolute Gasteiger partial charge is 0.435 e. The van der Waals surface area contributed by atoms with Gasteiger partial charge in [0.25, 0.3) is 0 Å². The van der Waals surface area contributed by atoms with Gasteiger partial charge in [0.2, 0.25) is 5.91 Å². The van der Waals surface area contributed by atoms with Crippen molar-refractivity contribution in [3.63, 3.8) is 0 Å². The summed E-state index contributed by atoms with van der Waals surface area (Å²) in [6.07, 6.45) is -3.64. The van der Waals surface area contributed by atoms with E-state index in [2.05, 4.69) is 15.4 Å². The number of hydrogen-bond donors (Lipinski definition) is 2. The number of hydrogen-bond acceptors (Lipinski definition) is 5. The minimum atomic E-state index is -4.64. The van der Waals surface area contributed by atoms with Gasteiger partial charge in [-0.1, -0.05) is 12.1 Å². The van der Waals surface area contributed by atoms with Crippen molar-refractivity contribution in [2.24, 2.45) is 10.7 Å². The Hall–Kier alpha value is -3.37. The van der Waals surface area contributed by atoms with E-state index in [4.69, 9.17) is 5.73 Å². The van der Waals surface area contributed by atoms with Crippen LogP contribution in [0.25, 0.3) is 0 Å². The van der Waals surface area contributed by atoms with Crippen LogP contribution in [0.15, 0.2) is 41.5 Å². The van der Waals surface area contributed by atoms with E-state index in [-0.39, 0.29) is 18.3 Å². The first kappa shape index (κ1) is 19.4. The molecule has 148 valence electrons. The summed E-state index contributed by atoms with van der Waals surface area (Å²) < 4.78 is 38.4. The molecule has 2 heterocycles. The number of aromatic nitrogens is 2. The molecule has 1 aliphatic heterocycles. The maximum absolute atomic E-state index is 12.6. The molecule has 2 aromatic rings. The second kappa shape index (κ2) is 6.66. The number of guanidine groups is 1. The third kappa shape index (κ3) is 3.68. The van der Waals surface area contributed by atoms with Crippen molar-refractivity contribution >= 4 is 23.6 Å². The number of amides is 2. The fourth-order valence-electron chi connectivity index (χ4n) is 2.78. The summed E-state index contributed by atoms with van der Waals surface area (Å²) in [6.45, 7) is 1.73. The third-order valence-corrected chi connectivity index (χ3v) is 4.40. The van der Waals surface area contributed by atoms with E-state index in [9.17, 15) is 22.8 Å². The maximum Gasteiger partial charge on any atom is 0.435 e. The van der Waals surface area contributed by atoms with Crippen molar-refractivity contribution < 1.29 is 22.8 Å². The molecule has 0 saturated carbocycles. The molecule has 0 aliphatic carbocycles. The maximum atomic E-state index is 12.6. The summed E-state index contributed by atoms with van der Waals surface area (Å²) in [5.74, 6) is -0.134. The lowest BCUT2D eigenvalue weighted by molar-refractivity contribution is -0.141. The number of aliphatic imine (C=N–C) groups is 1. The van der Waals surface area contributed by atoms with Crippen molar-refractivity contribution in [1.82, 2.24) is 14.7 Å². The molecule has 1 aromatic carbocycles. The Bertz CT molecular complexity index is 968. The molecule has 0 bridgehead atoms. The van der Waals surface area contributed by atoms with E-state index in [1.54, 1.807) is 31.2 Å². The molecule has 11 heteroatoms. The number of halogens is 3. The predicted molar refractivity (Wildman–Crippen MR) is 94.4 cm³/mol. The Kier molecular flexibility index (Phi) is 4.61. The van der Waals surface area contributed by atoms with Crippen LogP contribution in [-0.2, 0) is 16.5 Å². The quantitative estimate of drug-likeness (QED) is 0.816. The second-order valence-corrected chi connectivity index (χ2v) is 6.53. The second-order valence-electron chi connectivity index (χ2n) is 6.53. The van der Waals surface area contributed by atoms with Gasteiger partial charge >= 0.3 is 12.2 Å². The molecule has 1 atom stereocenters. The molecule has 0 spiro atoms. The highest BCUT2D eigenvalue weighted by Gasteiger charge is 2.36. The van der Waals surface area contributed by atoms with Gasteiger partial charge in [0.05, 0.1) is 12.0 Å². The fourth-order valence-corrected chi connectivity index (χ4v) is 2.78. The summed E-state index contributed by atoms with van der Waals surface area (Å²) in [5.41, 5.74) is 4.63. The summed E-state index contributed by atoms with van der Waals surface area (Å²) in [7, 11) is 1.52. The van der Waals surface area contributed by atoms with Gasteiger partial charge in [-0.25, -0.2) is 9.79 Å². The minimum absolute atomic E-state index is 0.0735. The molecular formula is C17H17F3N6O2. The summed E-state index contributed by atoms with van der Waals surface area (Å²) in [4.78, 5) is 29.9. The summed E-state index contributed by atoms with van der Waals surface area (Å²) in [5, 5.41) is 5.69. The number of benzene rings is 1. The van der Waals surface area contributed by atoms with E-state index >= 15 is 0 Å². The van der Waals surface area contributed by atoms with Crippen LogP contribution in [0, 0.1) is 0 Å². The molecule has 28 heavy (non-hydrogen) atoms. The lowest BCUT2D eigenvalue weighted by Crippen LogP contribution is -2.47. The van der Waals surface area contributed by atoms with Gasteiger partial charge in [-0.15, -0.1) is 0 Å². The van der Waals surface area contributed by atoms with E-state index in [1.807, 2.05) is 0 Å². The van der Waals surface area contributed by atoms with Crippen molar-refractivity contribution in [1.29, 1.82) is 0 Å². The zero-order chi connectivity index (χ0) is 20.7. The molecule has 0 radical (unpaired) electrons. The molecule has 3 rings (SSSR count). The van der Waals surface area contributed by atoms with Gasteiger partial charge in [0.15, 0.2) is 11.7 Å². The number of alkyl halides is 3. The van der Waals surface area contributed by atoms with Gasteiger partial charge < -0.3 is 11.1 Å². The SMILES string of the molecule is CN1C(=O)C[C@@](C)(c2cccc(NC(=O)n3ccc(C(F)(F)F)n3)c2)N=C1N. The predicted octanol–water partition coefficient (Wildman–Crippen LogP) is 2.37. The molecule has 1 aliphatic rings. The van der Waals surface area contributed by atoms with Crippen LogP contribution in [0.1, 0.15) is 24.6 Å². The third-order valence-electron chi connectivity index (χ3n) is 4.40. The first-order valence-corrected chi connectivity index (χ1v) is 8.16. The average Bonchev–Trinajstić information content (AvgIpc) is 3.10. The molecule has 2 amide bonds. The van der Waals surface area contributed by atoms with Crippen LogP contribution in [0.5, 0.6) is 0 Å². The van der Waals surface area contributed by atoms with Crippen LogP contribution in [-0.4, -0.2) is 39.6 Å². The zero-order valence-electron chi connectivity index (χ0n) is 15.0. The van der Waals surface area contributed by atoms with Gasteiger partial charge in [-0.2, -0.15) is 23.0 Å². The number of nitrogens with zero attached hydrogens (tertiary/aromatic N) is 4. The van der Waals surface area contributed by atoms with Gasteiger partial charge in [0, 0.05) is 18.9 Å². The monoisotopic (exact) mass is 394 g/mol. The van der Waals surface area contributed by atoms with Crippen LogP contribution >= 0.6 is 0 Å². The van der Waals surface area contributed by atoms with E-state index in [0.717, 1.165) is 6.20 Å². The molecular weight excluding hydrogens is 377 g/mol. The Morgan fingerprint density at radius 2 is 2.04 bits per heavy atom. The highest BCUT2D eigenvalue weighted by Crippen LogP contribution is 2.34. The molecule has 0 saturated heterocycles. The number of carbonyl (C=O) groups is 2. The fraction of sp³-hybridized carbons (Fsp3) is 0.294. The molecule has 0 fully saturated rings. The normalized spacial score (nSPS) is 20.1. The highest BCUT2D eigenvalue weighted by molar-refractivity contribution is 5.99. The Labute approximate surface area is 157 Å². The lowest BCUT2D eigenvalue weighted by Gasteiger charge is -2.33. The number of carbonyl (C=O) groups excluding carboxylic acids is 2. The zero-order valence-corrected chi connectivity index (χ0v) is 15.0. The highest BCUT2D eigenvalue weighted by atomic mass is 19.4. The van der Waals surface area contributed by atoms with Crippen LogP contribution in [0.4, 0.5) is 23.7 Å². The van der Waals surface area contributed by atoms with Crippen molar-refractivity contribution in [3.05, 3.63) is 47.8 Å². The van der Waals surface area contributed by atoms with Crippen LogP contribution < -0.4 is 11.1 Å². The topological polar surface area (TPSA) is 106 Å². The summed E-state index contributed by atoms with van der Waals surface area (Å²) >= 11 is 0. The smallest absolute Gasteiger partial charge is 0.369 e. The molecule has 1 aromatic heterocycles. The van der Waals surface area contributed by atoms with Gasteiger partial charge in [0.1, 0.15) is 0 Å².